The maximum Gasteiger partial charge on any atom is 0.189 e. The summed E-state index contributed by atoms with van der Waals surface area (Å²) in [6.45, 7) is 7.28. The van der Waals surface area contributed by atoms with Crippen molar-refractivity contribution in [3.8, 4) is 0 Å². The first-order chi connectivity index (χ1) is 7.66. The molecule has 90 valence electrons. The van der Waals surface area contributed by atoms with Crippen LogP contribution in [0, 0.1) is 5.92 Å². The summed E-state index contributed by atoms with van der Waals surface area (Å²) in [6, 6.07) is 0.458. The third-order valence-corrected chi connectivity index (χ3v) is 3.35. The van der Waals surface area contributed by atoms with Gasteiger partial charge in [-0.05, 0) is 26.2 Å². The van der Waals surface area contributed by atoms with Crippen molar-refractivity contribution in [2.45, 2.75) is 38.3 Å². The third-order valence-electron chi connectivity index (χ3n) is 3.35. The lowest BCUT2D eigenvalue weighted by Crippen LogP contribution is -2.59. The molecule has 1 saturated carbocycles. The summed E-state index contributed by atoms with van der Waals surface area (Å²) in [5.41, 5.74) is 6.84. The number of rotatable bonds is 3. The monoisotopic (exact) mass is 223 g/mol. The molecule has 3 N–H and O–H groups in total. The van der Waals surface area contributed by atoms with Gasteiger partial charge in [0.15, 0.2) is 5.96 Å². The van der Waals surface area contributed by atoms with Crippen LogP contribution in [-0.2, 0) is 4.74 Å². The van der Waals surface area contributed by atoms with Gasteiger partial charge in [0.2, 0.25) is 0 Å². The Labute approximate surface area is 97.0 Å². The number of hydrogen-bond donors (Lipinski definition) is 2. The minimum Gasteiger partial charge on any atom is -0.378 e. The van der Waals surface area contributed by atoms with Crippen LogP contribution in [0.2, 0.25) is 0 Å². The van der Waals surface area contributed by atoms with Crippen LogP contribution >= 0.6 is 0 Å². The van der Waals surface area contributed by atoms with Crippen LogP contribution < -0.4 is 11.1 Å². The Kier molecular flexibility index (Phi) is 3.49. The summed E-state index contributed by atoms with van der Waals surface area (Å²) < 4.78 is 5.65. The van der Waals surface area contributed by atoms with Gasteiger partial charge in [0.05, 0.1) is 12.6 Å². The molecular formula is C12H21N3O. The van der Waals surface area contributed by atoms with Gasteiger partial charge in [0.25, 0.3) is 0 Å². The van der Waals surface area contributed by atoms with Crippen molar-refractivity contribution in [1.82, 2.24) is 5.32 Å². The summed E-state index contributed by atoms with van der Waals surface area (Å²) >= 11 is 0. The van der Waals surface area contributed by atoms with E-state index in [-0.39, 0.29) is 0 Å². The number of nitrogens with zero attached hydrogens (tertiary/aromatic N) is 1. The predicted molar refractivity (Wildman–Crippen MR) is 65.3 cm³/mol. The molecule has 1 saturated heterocycles. The molecule has 1 heterocycles. The third kappa shape index (κ3) is 2.55. The summed E-state index contributed by atoms with van der Waals surface area (Å²) in [5.74, 6) is 1.17. The zero-order valence-corrected chi connectivity index (χ0v) is 9.91. The number of nitrogens with two attached hydrogens (primary N) is 1. The average molecular weight is 223 g/mol. The molecule has 2 fully saturated rings. The van der Waals surface area contributed by atoms with Gasteiger partial charge in [-0.25, -0.2) is 4.99 Å². The van der Waals surface area contributed by atoms with Gasteiger partial charge in [-0.15, -0.1) is 0 Å². The molecule has 0 aromatic rings. The van der Waals surface area contributed by atoms with E-state index in [1.807, 2.05) is 6.92 Å². The molecule has 0 aromatic carbocycles. The minimum absolute atomic E-state index is 0.458. The average Bonchev–Trinajstić information content (AvgIpc) is 2.23. The first kappa shape index (κ1) is 11.5. The number of fused-ring (bicyclic) bond motifs is 1. The van der Waals surface area contributed by atoms with Gasteiger partial charge in [-0.3, -0.25) is 0 Å². The number of guanidine groups is 1. The smallest absolute Gasteiger partial charge is 0.189 e. The molecule has 0 amide bonds. The van der Waals surface area contributed by atoms with E-state index >= 15 is 0 Å². The van der Waals surface area contributed by atoms with E-state index in [4.69, 9.17) is 10.5 Å². The van der Waals surface area contributed by atoms with Gasteiger partial charge >= 0.3 is 0 Å². The number of ether oxygens (including phenoxy) is 1. The summed E-state index contributed by atoms with van der Waals surface area (Å²) in [5, 5.41) is 3.28. The topological polar surface area (TPSA) is 59.6 Å². The lowest BCUT2D eigenvalue weighted by atomic mass is 9.72. The number of nitrogens with one attached hydrogen (secondary N) is 1. The van der Waals surface area contributed by atoms with Crippen LogP contribution in [0.1, 0.15) is 26.2 Å². The first-order valence-corrected chi connectivity index (χ1v) is 5.99. The molecule has 2 aliphatic rings. The van der Waals surface area contributed by atoms with Crippen molar-refractivity contribution < 1.29 is 4.74 Å². The highest BCUT2D eigenvalue weighted by atomic mass is 16.5. The zero-order chi connectivity index (χ0) is 11.5. The Morgan fingerprint density at radius 1 is 1.62 bits per heavy atom. The summed E-state index contributed by atoms with van der Waals surface area (Å²) in [6.07, 6.45) is 3.94. The Balaban J connectivity index is 1.78. The van der Waals surface area contributed by atoms with E-state index in [1.165, 1.54) is 12.8 Å². The summed E-state index contributed by atoms with van der Waals surface area (Å²) in [7, 11) is 0. The second-order valence-electron chi connectivity index (χ2n) is 4.86. The highest BCUT2D eigenvalue weighted by Crippen LogP contribution is 2.37. The van der Waals surface area contributed by atoms with Crippen molar-refractivity contribution in [2.24, 2.45) is 16.6 Å². The standard InChI is InChI=1S/C12H21N3O/c1-8(2)7-14-12(13)15-10-6-11-9(10)4-3-5-16-11/h9-11H,1,3-7H2,2H3,(H3,13,14,15). The molecule has 4 nitrogen and oxygen atoms in total. The van der Waals surface area contributed by atoms with Gasteiger partial charge in [0, 0.05) is 18.6 Å². The second-order valence-corrected chi connectivity index (χ2v) is 4.86. The molecule has 2 rings (SSSR count). The van der Waals surface area contributed by atoms with Crippen molar-refractivity contribution in [3.63, 3.8) is 0 Å². The zero-order valence-electron chi connectivity index (χ0n) is 9.91. The second kappa shape index (κ2) is 4.87. The lowest BCUT2D eigenvalue weighted by molar-refractivity contribution is -0.0989. The molecule has 0 aromatic heterocycles. The maximum atomic E-state index is 5.81. The van der Waals surface area contributed by atoms with E-state index in [1.54, 1.807) is 0 Å². The van der Waals surface area contributed by atoms with Crippen molar-refractivity contribution in [1.29, 1.82) is 0 Å². The Morgan fingerprint density at radius 2 is 2.44 bits per heavy atom. The van der Waals surface area contributed by atoms with Crippen molar-refractivity contribution in [2.75, 3.05) is 13.2 Å². The van der Waals surface area contributed by atoms with E-state index in [2.05, 4.69) is 16.9 Å². The number of hydrogen-bond acceptors (Lipinski definition) is 2. The normalized spacial score (nSPS) is 33.8. The van der Waals surface area contributed by atoms with E-state index in [9.17, 15) is 0 Å². The van der Waals surface area contributed by atoms with Gasteiger partial charge in [0.1, 0.15) is 0 Å². The number of aliphatic imine (C=N–C) groups is 1. The molecule has 3 unspecified atom stereocenters. The molecule has 0 spiro atoms. The molecule has 16 heavy (non-hydrogen) atoms. The van der Waals surface area contributed by atoms with Crippen LogP contribution in [0.25, 0.3) is 0 Å². The molecular weight excluding hydrogens is 202 g/mol. The highest BCUT2D eigenvalue weighted by molar-refractivity contribution is 5.78. The quantitative estimate of drug-likeness (QED) is 0.427. The van der Waals surface area contributed by atoms with Crippen LogP contribution in [0.5, 0.6) is 0 Å². The Hall–Kier alpha value is -1.03. The maximum absolute atomic E-state index is 5.81. The largest absolute Gasteiger partial charge is 0.378 e. The van der Waals surface area contributed by atoms with Crippen LogP contribution in [-0.4, -0.2) is 31.3 Å². The van der Waals surface area contributed by atoms with Crippen LogP contribution in [0.15, 0.2) is 17.1 Å². The van der Waals surface area contributed by atoms with E-state index < -0.39 is 0 Å². The fourth-order valence-corrected chi connectivity index (χ4v) is 2.42. The van der Waals surface area contributed by atoms with Gasteiger partial charge in [-0.1, -0.05) is 12.2 Å². The van der Waals surface area contributed by atoms with E-state index in [0.717, 1.165) is 18.6 Å². The molecule has 1 aliphatic carbocycles. The van der Waals surface area contributed by atoms with Gasteiger partial charge in [-0.2, -0.15) is 0 Å². The fourth-order valence-electron chi connectivity index (χ4n) is 2.42. The summed E-state index contributed by atoms with van der Waals surface area (Å²) in [4.78, 5) is 4.23. The first-order valence-electron chi connectivity index (χ1n) is 5.99. The fraction of sp³-hybridized carbons (Fsp3) is 0.750. The minimum atomic E-state index is 0.458. The van der Waals surface area contributed by atoms with Gasteiger partial charge < -0.3 is 15.8 Å². The molecule has 0 radical (unpaired) electrons. The lowest BCUT2D eigenvalue weighted by Gasteiger charge is -2.47. The van der Waals surface area contributed by atoms with Crippen LogP contribution in [0.3, 0.4) is 0 Å². The van der Waals surface area contributed by atoms with Crippen LogP contribution in [0.4, 0.5) is 0 Å². The Morgan fingerprint density at radius 3 is 3.12 bits per heavy atom. The molecule has 4 heteroatoms. The molecule has 0 bridgehead atoms. The van der Waals surface area contributed by atoms with E-state index in [0.29, 0.717) is 30.6 Å². The molecule has 1 aliphatic heterocycles. The SMILES string of the molecule is C=C(C)CN=C(N)NC1CC2OCCCC12. The Bertz CT molecular complexity index is 301. The van der Waals surface area contributed by atoms with Crippen molar-refractivity contribution >= 4 is 5.96 Å². The highest BCUT2D eigenvalue weighted by Gasteiger charge is 2.43. The molecule has 3 atom stereocenters. The predicted octanol–water partition coefficient (Wildman–Crippen LogP) is 1.03. The van der Waals surface area contributed by atoms with Crippen molar-refractivity contribution in [3.05, 3.63) is 12.2 Å².